The molecule has 1 N–H and O–H groups in total. The van der Waals surface area contributed by atoms with Crippen LogP contribution in [0.3, 0.4) is 0 Å². The van der Waals surface area contributed by atoms with Crippen LogP contribution in [0.15, 0.2) is 24.3 Å². The second kappa shape index (κ2) is 12.0. The van der Waals surface area contributed by atoms with Crippen LogP contribution in [0.4, 0.5) is 57.1 Å². The number of carbonyl (C=O) groups is 1. The molecule has 18 heteroatoms. The molecule has 0 amide bonds. The van der Waals surface area contributed by atoms with E-state index in [0.29, 0.717) is 12.8 Å². The van der Waals surface area contributed by atoms with Gasteiger partial charge in [0.15, 0.2) is 5.78 Å². The van der Waals surface area contributed by atoms with Crippen molar-refractivity contribution in [2.45, 2.75) is 92.9 Å². The summed E-state index contributed by atoms with van der Waals surface area (Å²) in [7, 11) is -5.10. The second-order valence-electron chi connectivity index (χ2n) is 8.87. The quantitative estimate of drug-likeness (QED) is 0.0921. The molecule has 0 fully saturated rings. The minimum atomic E-state index is -8.06. The maximum absolute atomic E-state index is 14.3. The van der Waals surface area contributed by atoms with Gasteiger partial charge in [-0.2, -0.15) is 65.5 Å². The first-order valence-corrected chi connectivity index (χ1v) is 12.9. The first kappa shape index (κ1) is 35.9. The Kier molecular flexibility index (Phi) is 10.8. The van der Waals surface area contributed by atoms with E-state index in [-0.39, 0.29) is 30.7 Å². The van der Waals surface area contributed by atoms with Crippen molar-refractivity contribution in [3.05, 3.63) is 35.4 Å². The maximum Gasteiger partial charge on any atom is 0.460 e. The molecule has 0 aliphatic carbocycles. The van der Waals surface area contributed by atoms with Crippen molar-refractivity contribution in [3.8, 4) is 0 Å². The third-order valence-electron chi connectivity index (χ3n) is 5.94. The summed E-state index contributed by atoms with van der Waals surface area (Å²) in [5.41, 5.74) is -3.17. The van der Waals surface area contributed by atoms with Crippen LogP contribution in [0, 0.1) is 0 Å². The topological polar surface area (TPSA) is 71.4 Å². The number of ketones is 1. The van der Waals surface area contributed by atoms with E-state index in [1.54, 1.807) is 0 Å². The standard InChI is InChI=1S/C22H23F13O4S/c1-2-3-4-5-6-7-8-15(40(37,38)39)16(36)13-9-11-14(12-10-13)17(23,24)18(25,26)19(27,28)20(29,30)21(31,32)22(33,34)35/h9-12,15H,2-8H2,1H3,(H,37,38,39). The summed E-state index contributed by atoms with van der Waals surface area (Å²) in [5.74, 6) is -39.4. The third-order valence-corrected chi connectivity index (χ3v) is 7.11. The summed E-state index contributed by atoms with van der Waals surface area (Å²) in [6, 6.07) is -0.157. The van der Waals surface area contributed by atoms with E-state index in [1.165, 1.54) is 0 Å². The summed E-state index contributed by atoms with van der Waals surface area (Å²) in [4.78, 5) is 12.5. The molecule has 1 atom stereocenters. The highest BCUT2D eigenvalue weighted by Crippen LogP contribution is 2.62. The second-order valence-corrected chi connectivity index (χ2v) is 10.5. The van der Waals surface area contributed by atoms with Crippen molar-refractivity contribution < 1.29 is 74.8 Å². The molecule has 232 valence electrons. The molecule has 4 nitrogen and oxygen atoms in total. The summed E-state index contributed by atoms with van der Waals surface area (Å²) in [6.07, 6.45) is -4.32. The Morgan fingerprint density at radius 3 is 1.55 bits per heavy atom. The average molecular weight is 630 g/mol. The van der Waals surface area contributed by atoms with Gasteiger partial charge >= 0.3 is 35.8 Å². The average Bonchev–Trinajstić information content (AvgIpc) is 2.81. The molecule has 40 heavy (non-hydrogen) atoms. The molecule has 0 saturated carbocycles. The molecule has 0 aliphatic rings. The molecule has 1 aromatic carbocycles. The van der Waals surface area contributed by atoms with Gasteiger partial charge in [0.05, 0.1) is 0 Å². The predicted octanol–water partition coefficient (Wildman–Crippen LogP) is 8.07. The predicted molar refractivity (Wildman–Crippen MR) is 114 cm³/mol. The van der Waals surface area contributed by atoms with Crippen molar-refractivity contribution in [3.63, 3.8) is 0 Å². The lowest BCUT2D eigenvalue weighted by molar-refractivity contribution is -0.441. The number of hydrogen-bond donors (Lipinski definition) is 1. The van der Waals surface area contributed by atoms with E-state index >= 15 is 0 Å². The zero-order valence-corrected chi connectivity index (χ0v) is 21.1. The first-order chi connectivity index (χ1) is 17.8. The molecule has 0 aliphatic heterocycles. The van der Waals surface area contributed by atoms with Crippen LogP contribution in [0.2, 0.25) is 0 Å². The number of Topliss-reactive ketones (excluding diaryl/α,β-unsaturated/α-hetero) is 1. The lowest BCUT2D eigenvalue weighted by atomic mass is 9.90. The van der Waals surface area contributed by atoms with E-state index in [2.05, 4.69) is 0 Å². The van der Waals surface area contributed by atoms with Crippen LogP contribution in [-0.2, 0) is 16.0 Å². The molecule has 0 saturated heterocycles. The van der Waals surface area contributed by atoms with Crippen LogP contribution < -0.4 is 0 Å². The highest BCUT2D eigenvalue weighted by Gasteiger charge is 2.90. The molecule has 0 heterocycles. The SMILES string of the molecule is CCCCCCCCC(C(=O)c1ccc(C(F)(F)C(F)(F)C(F)(F)C(F)(F)C(F)(F)C(F)(F)F)cc1)S(=O)(=O)O. The largest absolute Gasteiger partial charge is 0.460 e. The van der Waals surface area contributed by atoms with Gasteiger partial charge in [-0.1, -0.05) is 69.7 Å². The van der Waals surface area contributed by atoms with Gasteiger partial charge in [-0.3, -0.25) is 9.35 Å². The Balaban J connectivity index is 3.32. The van der Waals surface area contributed by atoms with Crippen molar-refractivity contribution >= 4 is 15.9 Å². The molecule has 0 spiro atoms. The van der Waals surface area contributed by atoms with Crippen LogP contribution in [-0.4, -0.2) is 53.9 Å². The lowest BCUT2D eigenvalue weighted by Crippen LogP contribution is -2.69. The summed E-state index contributed by atoms with van der Waals surface area (Å²) in [5, 5.41) is -2.15. The van der Waals surface area contributed by atoms with Crippen molar-refractivity contribution in [1.82, 2.24) is 0 Å². The summed E-state index contributed by atoms with van der Waals surface area (Å²) < 4.78 is 206. The normalized spacial score (nSPS) is 15.3. The molecule has 1 unspecified atom stereocenters. The first-order valence-electron chi connectivity index (χ1n) is 11.4. The van der Waals surface area contributed by atoms with E-state index in [4.69, 9.17) is 0 Å². The number of rotatable bonds is 15. The van der Waals surface area contributed by atoms with Gasteiger partial charge in [-0.25, -0.2) is 0 Å². The highest BCUT2D eigenvalue weighted by molar-refractivity contribution is 7.87. The van der Waals surface area contributed by atoms with Gasteiger partial charge in [0, 0.05) is 11.1 Å². The van der Waals surface area contributed by atoms with E-state index in [9.17, 15) is 74.8 Å². The van der Waals surface area contributed by atoms with Crippen molar-refractivity contribution in [2.24, 2.45) is 0 Å². The van der Waals surface area contributed by atoms with E-state index < -0.39 is 74.5 Å². The number of carbonyl (C=O) groups excluding carboxylic acids is 1. The highest BCUT2D eigenvalue weighted by atomic mass is 32.2. The lowest BCUT2D eigenvalue weighted by Gasteiger charge is -2.39. The van der Waals surface area contributed by atoms with Crippen molar-refractivity contribution in [1.29, 1.82) is 0 Å². The Morgan fingerprint density at radius 1 is 0.700 bits per heavy atom. The maximum atomic E-state index is 14.3. The number of unbranched alkanes of at least 4 members (excludes halogenated alkanes) is 5. The van der Waals surface area contributed by atoms with Gasteiger partial charge in [0.2, 0.25) is 0 Å². The van der Waals surface area contributed by atoms with Gasteiger partial charge < -0.3 is 0 Å². The van der Waals surface area contributed by atoms with Gasteiger partial charge in [0.25, 0.3) is 10.1 Å². The Labute approximate surface area is 219 Å². The molecule has 1 rings (SSSR count). The van der Waals surface area contributed by atoms with Crippen LogP contribution in [0.25, 0.3) is 0 Å². The van der Waals surface area contributed by atoms with E-state index in [1.807, 2.05) is 6.92 Å². The van der Waals surface area contributed by atoms with Gasteiger partial charge in [-0.15, -0.1) is 0 Å². The van der Waals surface area contributed by atoms with Crippen LogP contribution in [0.5, 0.6) is 0 Å². The molecule has 0 radical (unpaired) electrons. The minimum Gasteiger partial charge on any atom is -0.293 e. The minimum absolute atomic E-state index is 0.0914. The monoisotopic (exact) mass is 630 g/mol. The zero-order chi connectivity index (χ0) is 31.6. The fourth-order valence-corrected chi connectivity index (χ4v) is 4.38. The molecule has 0 aromatic heterocycles. The number of alkyl halides is 13. The molecule has 0 bridgehead atoms. The van der Waals surface area contributed by atoms with Crippen molar-refractivity contribution in [2.75, 3.05) is 0 Å². The fourth-order valence-electron chi connectivity index (χ4n) is 3.51. The smallest absolute Gasteiger partial charge is 0.293 e. The van der Waals surface area contributed by atoms with Gasteiger partial charge in [-0.05, 0) is 6.42 Å². The van der Waals surface area contributed by atoms with Gasteiger partial charge in [0.1, 0.15) is 5.25 Å². The zero-order valence-electron chi connectivity index (χ0n) is 20.3. The molecular formula is C22H23F13O4S. The number of benzene rings is 1. The van der Waals surface area contributed by atoms with Crippen LogP contribution >= 0.6 is 0 Å². The van der Waals surface area contributed by atoms with Crippen LogP contribution in [0.1, 0.15) is 67.8 Å². The molecule has 1 aromatic rings. The Morgan fingerprint density at radius 2 is 1.12 bits per heavy atom. The number of hydrogen-bond acceptors (Lipinski definition) is 3. The van der Waals surface area contributed by atoms with E-state index in [0.717, 1.165) is 19.3 Å². The third kappa shape index (κ3) is 6.68. The molecular weight excluding hydrogens is 607 g/mol. The summed E-state index contributed by atoms with van der Waals surface area (Å²) in [6.45, 7) is 1.92. The Bertz CT molecular complexity index is 1110. The Hall–Kier alpha value is -2.11. The summed E-state index contributed by atoms with van der Waals surface area (Å²) >= 11 is 0. The fraction of sp³-hybridized carbons (Fsp3) is 0.682. The number of halogens is 13.